The smallest absolute Gasteiger partial charge is 0.314 e. The maximum absolute atomic E-state index is 10.2. The van der Waals surface area contributed by atoms with E-state index >= 15 is 0 Å². The van der Waals surface area contributed by atoms with Crippen LogP contribution in [-0.2, 0) is 12.3 Å². The van der Waals surface area contributed by atoms with E-state index in [0.717, 1.165) is 37.8 Å². The van der Waals surface area contributed by atoms with Gasteiger partial charge in [0, 0.05) is 5.41 Å². The monoisotopic (exact) mass is 526 g/mol. The van der Waals surface area contributed by atoms with Crippen LogP contribution in [-0.4, -0.2) is 65.3 Å². The molecule has 0 unspecified atom stereocenters. The van der Waals surface area contributed by atoms with Crippen LogP contribution in [0.15, 0.2) is 0 Å². The molecule has 0 aromatic rings. The molecule has 10 heteroatoms. The van der Waals surface area contributed by atoms with E-state index in [1.807, 2.05) is 0 Å². The van der Waals surface area contributed by atoms with Gasteiger partial charge in [0.05, 0.1) is 13.2 Å². The summed E-state index contributed by atoms with van der Waals surface area (Å²) in [5.74, 6) is 0. The van der Waals surface area contributed by atoms with Gasteiger partial charge in [0.15, 0.2) is 33.3 Å². The third kappa shape index (κ3) is 15.4. The van der Waals surface area contributed by atoms with Gasteiger partial charge < -0.3 is 22.6 Å². The highest BCUT2D eigenvalue weighted by Crippen LogP contribution is 2.35. The molecule has 5 nitrogen and oxygen atoms in total. The van der Waals surface area contributed by atoms with Crippen molar-refractivity contribution in [2.24, 2.45) is 5.41 Å². The summed E-state index contributed by atoms with van der Waals surface area (Å²) in [6, 6.07) is 1.99. The average molecular weight is 527 g/mol. The normalized spacial score (nSPS) is 14.9. The fourth-order valence-electron chi connectivity index (χ4n) is 4.46. The highest BCUT2D eigenvalue weighted by molar-refractivity contribution is 6.87. The van der Waals surface area contributed by atoms with Crippen molar-refractivity contribution in [1.29, 1.82) is 0 Å². The van der Waals surface area contributed by atoms with E-state index in [1.54, 1.807) is 0 Å². The Morgan fingerprint density at radius 1 is 0.548 bits per heavy atom. The number of aliphatic hydroxyl groups is 2. The van der Waals surface area contributed by atoms with E-state index in [4.69, 9.17) is 12.3 Å². The van der Waals surface area contributed by atoms with Gasteiger partial charge in [0.2, 0.25) is 0 Å². The Morgan fingerprint density at radius 3 is 1.23 bits per heavy atom. The van der Waals surface area contributed by atoms with Crippen molar-refractivity contribution in [2.45, 2.75) is 116 Å². The van der Waals surface area contributed by atoms with Crippen molar-refractivity contribution in [1.82, 2.24) is 0 Å². The van der Waals surface area contributed by atoms with Crippen molar-refractivity contribution in [3.8, 4) is 0 Å². The Bertz CT molecular complexity index is 504. The summed E-state index contributed by atoms with van der Waals surface area (Å²) in [7, 11) is -8.95. The van der Waals surface area contributed by atoms with Gasteiger partial charge in [-0.25, -0.2) is 0 Å². The SMILES string of the molecule is C[Si](C)(C)O[Si](C)(C)CCCC(CO)(CO)CCC[Si](C)(O[Si](C)(C)C)O[Si](C)(C)C. The maximum atomic E-state index is 10.2. The van der Waals surface area contributed by atoms with E-state index in [-0.39, 0.29) is 13.2 Å². The van der Waals surface area contributed by atoms with Gasteiger partial charge in [-0.15, -0.1) is 0 Å². The minimum Gasteiger partial charge on any atom is -0.456 e. The Labute approximate surface area is 199 Å². The Balaban J connectivity index is 5.03. The van der Waals surface area contributed by atoms with Gasteiger partial charge >= 0.3 is 8.56 Å². The molecular formula is C21H54O5Si5. The molecule has 0 aromatic carbocycles. The van der Waals surface area contributed by atoms with E-state index in [0.29, 0.717) is 0 Å². The van der Waals surface area contributed by atoms with Crippen molar-refractivity contribution >= 4 is 41.8 Å². The molecule has 0 aliphatic heterocycles. The largest absolute Gasteiger partial charge is 0.456 e. The molecule has 188 valence electrons. The molecule has 31 heavy (non-hydrogen) atoms. The summed E-state index contributed by atoms with van der Waals surface area (Å²) in [5.41, 5.74) is -0.419. The lowest BCUT2D eigenvalue weighted by Gasteiger charge is -2.39. The van der Waals surface area contributed by atoms with Gasteiger partial charge in [0.1, 0.15) is 0 Å². The summed E-state index contributed by atoms with van der Waals surface area (Å²) in [4.78, 5) is 0. The van der Waals surface area contributed by atoms with E-state index in [9.17, 15) is 10.2 Å². The van der Waals surface area contributed by atoms with Crippen LogP contribution in [0.5, 0.6) is 0 Å². The molecule has 2 N–H and O–H groups in total. The molecule has 0 aromatic heterocycles. The zero-order chi connectivity index (χ0) is 24.8. The quantitative estimate of drug-likeness (QED) is 0.229. The second kappa shape index (κ2) is 12.0. The molecule has 0 bridgehead atoms. The Hall–Kier alpha value is 0.884. The average Bonchev–Trinajstić information content (AvgIpc) is 2.46. The zero-order valence-electron chi connectivity index (χ0n) is 22.8. The molecule has 0 saturated heterocycles. The standard InChI is InChI=1S/C21H54O5Si5/c1-27(2,3)24-30(10,11)17-13-15-21(19-22,20-23)16-14-18-31(12,25-28(4,5)6)26-29(7,8)9/h22-23H,13-20H2,1-12H3. The lowest BCUT2D eigenvalue weighted by Crippen LogP contribution is -2.52. The van der Waals surface area contributed by atoms with Crippen LogP contribution in [0.1, 0.15) is 25.7 Å². The van der Waals surface area contributed by atoms with Crippen LogP contribution < -0.4 is 0 Å². The first-order chi connectivity index (χ1) is 13.7. The number of hydrogen-bond acceptors (Lipinski definition) is 5. The molecule has 0 aliphatic carbocycles. The zero-order valence-corrected chi connectivity index (χ0v) is 27.8. The van der Waals surface area contributed by atoms with Gasteiger partial charge in [-0.1, -0.05) is 12.8 Å². The fraction of sp³-hybridized carbons (Fsp3) is 1.00. The minimum absolute atomic E-state index is 0.0301. The van der Waals surface area contributed by atoms with E-state index in [1.165, 1.54) is 0 Å². The molecule has 0 amide bonds. The summed E-state index contributed by atoms with van der Waals surface area (Å²) in [6.07, 6.45) is 3.57. The van der Waals surface area contributed by atoms with E-state index in [2.05, 4.69) is 78.6 Å². The highest BCUT2D eigenvalue weighted by atomic mass is 28.5. The third-order valence-corrected chi connectivity index (χ3v) is 21.0. The molecular weight excluding hydrogens is 473 g/mol. The number of rotatable bonds is 16. The second-order valence-electron chi connectivity index (χ2n) is 13.1. The predicted molar refractivity (Wildman–Crippen MR) is 147 cm³/mol. The maximum Gasteiger partial charge on any atom is 0.314 e. The Morgan fingerprint density at radius 2 is 0.903 bits per heavy atom. The third-order valence-electron chi connectivity index (χ3n) is 5.12. The second-order valence-corrected chi connectivity index (χ2v) is 35.0. The molecule has 0 aliphatic rings. The summed E-state index contributed by atoms with van der Waals surface area (Å²) < 4.78 is 19.7. The van der Waals surface area contributed by atoms with Gasteiger partial charge in [-0.05, 0) is 103 Å². The first-order valence-corrected chi connectivity index (χ1v) is 27.8. The molecule has 0 heterocycles. The van der Waals surface area contributed by atoms with Crippen LogP contribution in [0.4, 0.5) is 0 Å². The molecule has 0 rings (SSSR count). The fourth-order valence-corrected chi connectivity index (χ4v) is 25.1. The Kier molecular flexibility index (Phi) is 12.4. The minimum atomic E-state index is -2.28. The molecule has 0 spiro atoms. The van der Waals surface area contributed by atoms with E-state index < -0.39 is 47.2 Å². The number of aliphatic hydroxyl groups excluding tert-OH is 2. The summed E-state index contributed by atoms with van der Waals surface area (Å²) in [6.45, 7) is 27.0. The summed E-state index contributed by atoms with van der Waals surface area (Å²) >= 11 is 0. The lowest BCUT2D eigenvalue weighted by atomic mass is 9.81. The van der Waals surface area contributed by atoms with Gasteiger partial charge in [0.25, 0.3) is 0 Å². The van der Waals surface area contributed by atoms with Crippen LogP contribution in [0.3, 0.4) is 0 Å². The number of hydrogen-bond donors (Lipinski definition) is 2. The predicted octanol–water partition coefficient (Wildman–Crippen LogP) is 6.35. The molecule has 0 saturated carbocycles. The lowest BCUT2D eigenvalue weighted by molar-refractivity contribution is 0.0379. The van der Waals surface area contributed by atoms with Crippen molar-refractivity contribution in [3.63, 3.8) is 0 Å². The van der Waals surface area contributed by atoms with Gasteiger partial charge in [-0.3, -0.25) is 0 Å². The van der Waals surface area contributed by atoms with Gasteiger partial charge in [-0.2, -0.15) is 0 Å². The van der Waals surface area contributed by atoms with Crippen LogP contribution in [0, 0.1) is 5.41 Å². The summed E-state index contributed by atoms with van der Waals surface area (Å²) in [5, 5.41) is 20.4. The molecule has 0 atom stereocenters. The van der Waals surface area contributed by atoms with Crippen LogP contribution >= 0.6 is 0 Å². The van der Waals surface area contributed by atoms with Crippen LogP contribution in [0.2, 0.25) is 90.7 Å². The molecule has 0 radical (unpaired) electrons. The van der Waals surface area contributed by atoms with Crippen molar-refractivity contribution in [2.75, 3.05) is 13.2 Å². The highest BCUT2D eigenvalue weighted by Gasteiger charge is 2.41. The first-order valence-electron chi connectivity index (χ1n) is 12.0. The first kappa shape index (κ1) is 31.9. The topological polar surface area (TPSA) is 68.2 Å². The van der Waals surface area contributed by atoms with Crippen molar-refractivity contribution in [3.05, 3.63) is 0 Å². The molecule has 0 fully saturated rings. The van der Waals surface area contributed by atoms with Crippen LogP contribution in [0.25, 0.3) is 0 Å². The van der Waals surface area contributed by atoms with Crippen molar-refractivity contribution < 1.29 is 22.6 Å².